The number of aryl methyl sites for hydroxylation is 2. The van der Waals surface area contributed by atoms with Gasteiger partial charge >= 0.3 is 0 Å². The third kappa shape index (κ3) is 1.25. The average Bonchev–Trinajstić information content (AvgIpc) is 2.58. The molecule has 0 radical (unpaired) electrons. The highest BCUT2D eigenvalue weighted by Crippen LogP contribution is 2.20. The molecule has 0 amide bonds. The van der Waals surface area contributed by atoms with Crippen LogP contribution in [0, 0.1) is 6.92 Å². The summed E-state index contributed by atoms with van der Waals surface area (Å²) in [4.78, 5) is 8.55. The first-order valence-corrected chi connectivity index (χ1v) is 4.54. The van der Waals surface area contributed by atoms with Crippen molar-refractivity contribution in [3.8, 4) is 10.7 Å². The molecule has 0 atom stereocenters. The molecule has 0 unspecified atom stereocenters. The molecule has 0 fully saturated rings. The molecule has 2 aromatic rings. The number of hydrogen-bond donors (Lipinski definition) is 0. The Morgan fingerprint density at radius 2 is 2.33 bits per heavy atom. The first-order chi connectivity index (χ1) is 5.75. The minimum absolute atomic E-state index is 0.954. The minimum atomic E-state index is 0.954. The van der Waals surface area contributed by atoms with Crippen molar-refractivity contribution in [2.75, 3.05) is 0 Å². The highest BCUT2D eigenvalue weighted by Gasteiger charge is 2.03. The molecule has 2 rings (SSSR count). The van der Waals surface area contributed by atoms with Crippen LogP contribution in [-0.2, 0) is 7.05 Å². The Morgan fingerprint density at radius 3 is 2.83 bits per heavy atom. The lowest BCUT2D eigenvalue weighted by molar-refractivity contribution is 0.913. The van der Waals surface area contributed by atoms with Crippen LogP contribution in [0.1, 0.15) is 5.69 Å². The molecule has 0 spiro atoms. The summed E-state index contributed by atoms with van der Waals surface area (Å²) in [6.45, 7) is 1.99. The molecule has 12 heavy (non-hydrogen) atoms. The topological polar surface area (TPSA) is 30.7 Å². The van der Waals surface area contributed by atoms with E-state index in [9.17, 15) is 0 Å². The standard InChI is InChI=1S/C8H9N3S/c1-6-4-12-8(10-6)7-3-11(2)5-9-7/h3-5H,1-2H3. The predicted molar refractivity (Wildman–Crippen MR) is 49.1 cm³/mol. The van der Waals surface area contributed by atoms with Gasteiger partial charge in [-0.2, -0.15) is 0 Å². The molecule has 3 nitrogen and oxygen atoms in total. The first-order valence-electron chi connectivity index (χ1n) is 3.66. The third-order valence-corrected chi connectivity index (χ3v) is 2.53. The molecule has 2 heterocycles. The zero-order valence-corrected chi connectivity index (χ0v) is 7.80. The molecule has 2 aromatic heterocycles. The number of nitrogens with zero attached hydrogens (tertiary/aromatic N) is 3. The Bertz CT molecular complexity index is 350. The predicted octanol–water partition coefficient (Wildman–Crippen LogP) is 1.85. The summed E-state index contributed by atoms with van der Waals surface area (Å²) in [5, 5.41) is 3.03. The molecule has 4 heteroatoms. The SMILES string of the molecule is Cc1csc(-c2cn(C)cn2)n1. The van der Waals surface area contributed by atoms with Crippen molar-refractivity contribution in [3.63, 3.8) is 0 Å². The molecule has 0 N–H and O–H groups in total. The summed E-state index contributed by atoms with van der Waals surface area (Å²) in [6.07, 6.45) is 3.75. The van der Waals surface area contributed by atoms with Crippen molar-refractivity contribution in [1.82, 2.24) is 14.5 Å². The lowest BCUT2D eigenvalue weighted by atomic mass is 10.5. The highest BCUT2D eigenvalue weighted by molar-refractivity contribution is 7.13. The second kappa shape index (κ2) is 2.71. The van der Waals surface area contributed by atoms with E-state index >= 15 is 0 Å². The van der Waals surface area contributed by atoms with Crippen LogP contribution in [0.3, 0.4) is 0 Å². The van der Waals surface area contributed by atoms with Crippen LogP contribution >= 0.6 is 11.3 Å². The smallest absolute Gasteiger partial charge is 0.143 e. The summed E-state index contributed by atoms with van der Waals surface area (Å²) in [6, 6.07) is 0. The Kier molecular flexibility index (Phi) is 1.69. The van der Waals surface area contributed by atoms with E-state index in [1.54, 1.807) is 17.7 Å². The highest BCUT2D eigenvalue weighted by atomic mass is 32.1. The van der Waals surface area contributed by atoms with E-state index in [-0.39, 0.29) is 0 Å². The van der Waals surface area contributed by atoms with Gasteiger partial charge in [-0.15, -0.1) is 11.3 Å². The summed E-state index contributed by atoms with van der Waals surface area (Å²) >= 11 is 1.63. The fourth-order valence-corrected chi connectivity index (χ4v) is 1.75. The summed E-state index contributed by atoms with van der Waals surface area (Å²) < 4.78 is 1.92. The van der Waals surface area contributed by atoms with Crippen LogP contribution in [0.4, 0.5) is 0 Å². The van der Waals surface area contributed by atoms with Gasteiger partial charge < -0.3 is 4.57 Å². The number of aromatic nitrogens is 3. The molecule has 0 bridgehead atoms. The number of hydrogen-bond acceptors (Lipinski definition) is 3. The number of imidazole rings is 1. The van der Waals surface area contributed by atoms with E-state index in [2.05, 4.69) is 9.97 Å². The molecule has 0 aliphatic heterocycles. The van der Waals surface area contributed by atoms with Gasteiger partial charge in [0, 0.05) is 24.3 Å². The first kappa shape index (κ1) is 7.49. The van der Waals surface area contributed by atoms with E-state index in [1.807, 2.05) is 30.1 Å². The average molecular weight is 179 g/mol. The second-order valence-corrected chi connectivity index (χ2v) is 3.58. The van der Waals surface area contributed by atoms with Crippen LogP contribution in [0.25, 0.3) is 10.7 Å². The van der Waals surface area contributed by atoms with E-state index < -0.39 is 0 Å². The van der Waals surface area contributed by atoms with Crippen LogP contribution in [0.2, 0.25) is 0 Å². The van der Waals surface area contributed by atoms with Gasteiger partial charge in [-0.25, -0.2) is 9.97 Å². The molecular weight excluding hydrogens is 170 g/mol. The van der Waals surface area contributed by atoms with Gasteiger partial charge in [0.1, 0.15) is 10.7 Å². The van der Waals surface area contributed by atoms with Crippen LogP contribution in [-0.4, -0.2) is 14.5 Å². The molecule has 62 valence electrons. The zero-order valence-electron chi connectivity index (χ0n) is 6.98. The van der Waals surface area contributed by atoms with E-state index in [0.717, 1.165) is 16.4 Å². The van der Waals surface area contributed by atoms with Crippen LogP contribution in [0.5, 0.6) is 0 Å². The van der Waals surface area contributed by atoms with Crippen LogP contribution < -0.4 is 0 Å². The van der Waals surface area contributed by atoms with Crippen molar-refractivity contribution in [2.45, 2.75) is 6.92 Å². The van der Waals surface area contributed by atoms with Gasteiger partial charge in [0.15, 0.2) is 0 Å². The van der Waals surface area contributed by atoms with Gasteiger partial charge in [0.2, 0.25) is 0 Å². The molecule has 0 saturated carbocycles. The monoisotopic (exact) mass is 179 g/mol. The van der Waals surface area contributed by atoms with Crippen molar-refractivity contribution in [2.24, 2.45) is 7.05 Å². The molecule has 0 saturated heterocycles. The van der Waals surface area contributed by atoms with Crippen molar-refractivity contribution in [3.05, 3.63) is 23.6 Å². The molecule has 0 aromatic carbocycles. The molecule has 0 aliphatic carbocycles. The van der Waals surface area contributed by atoms with Crippen molar-refractivity contribution >= 4 is 11.3 Å². The lowest BCUT2D eigenvalue weighted by Crippen LogP contribution is -1.78. The van der Waals surface area contributed by atoms with Gasteiger partial charge in [0.05, 0.1) is 6.33 Å². The Labute approximate surface area is 74.7 Å². The molecule has 0 aliphatic rings. The number of rotatable bonds is 1. The summed E-state index contributed by atoms with van der Waals surface area (Å²) in [7, 11) is 1.96. The summed E-state index contributed by atoms with van der Waals surface area (Å²) in [5.74, 6) is 0. The van der Waals surface area contributed by atoms with Gasteiger partial charge in [0.25, 0.3) is 0 Å². The fraction of sp³-hybridized carbons (Fsp3) is 0.250. The fourth-order valence-electron chi connectivity index (χ4n) is 0.995. The Balaban J connectivity index is 2.43. The summed E-state index contributed by atoms with van der Waals surface area (Å²) in [5.41, 5.74) is 2.01. The maximum Gasteiger partial charge on any atom is 0.143 e. The van der Waals surface area contributed by atoms with E-state index in [0.29, 0.717) is 0 Å². The largest absolute Gasteiger partial charge is 0.340 e. The Hall–Kier alpha value is -1.16. The minimum Gasteiger partial charge on any atom is -0.340 e. The van der Waals surface area contributed by atoms with Crippen molar-refractivity contribution in [1.29, 1.82) is 0 Å². The van der Waals surface area contributed by atoms with E-state index in [4.69, 9.17) is 0 Å². The quantitative estimate of drug-likeness (QED) is 0.669. The second-order valence-electron chi connectivity index (χ2n) is 2.72. The maximum absolute atomic E-state index is 4.34. The zero-order chi connectivity index (χ0) is 8.55. The molecular formula is C8H9N3S. The lowest BCUT2D eigenvalue weighted by Gasteiger charge is -1.85. The van der Waals surface area contributed by atoms with Gasteiger partial charge in [-0.05, 0) is 6.92 Å². The third-order valence-electron chi connectivity index (χ3n) is 1.54. The van der Waals surface area contributed by atoms with Crippen LogP contribution in [0.15, 0.2) is 17.9 Å². The number of thiazole rings is 1. The van der Waals surface area contributed by atoms with Gasteiger partial charge in [-0.3, -0.25) is 0 Å². The van der Waals surface area contributed by atoms with Crippen molar-refractivity contribution < 1.29 is 0 Å². The van der Waals surface area contributed by atoms with Gasteiger partial charge in [-0.1, -0.05) is 0 Å². The van der Waals surface area contributed by atoms with E-state index in [1.165, 1.54) is 0 Å². The normalized spacial score (nSPS) is 10.5. The Morgan fingerprint density at radius 1 is 1.50 bits per heavy atom. The maximum atomic E-state index is 4.34.